The Bertz CT molecular complexity index is 1470. The van der Waals surface area contributed by atoms with Crippen molar-refractivity contribution in [2.75, 3.05) is 0 Å². The highest BCUT2D eigenvalue weighted by molar-refractivity contribution is 5.95. The largest absolute Gasteiger partial charge is 0.392 e. The fourth-order valence-corrected chi connectivity index (χ4v) is 15.6. The van der Waals surface area contributed by atoms with Crippen LogP contribution in [0.4, 0.5) is 0 Å². The number of carbonyl (C=O) groups is 1. The van der Waals surface area contributed by atoms with Crippen molar-refractivity contribution >= 4 is 5.78 Å². The Morgan fingerprint density at radius 2 is 1.54 bits per heavy atom. The van der Waals surface area contributed by atoms with Gasteiger partial charge in [0.15, 0.2) is 5.78 Å². The summed E-state index contributed by atoms with van der Waals surface area (Å²) in [5, 5.41) is 47.2. The van der Waals surface area contributed by atoms with Gasteiger partial charge in [0.1, 0.15) is 0 Å². The molecule has 0 bridgehead atoms. The summed E-state index contributed by atoms with van der Waals surface area (Å²) in [6, 6.07) is 0. The van der Waals surface area contributed by atoms with E-state index in [1.165, 1.54) is 64.2 Å². The first kappa shape index (κ1) is 32.6. The van der Waals surface area contributed by atoms with Crippen molar-refractivity contribution < 1.29 is 25.2 Å². The highest BCUT2D eigenvalue weighted by Crippen LogP contribution is 2.71. The van der Waals surface area contributed by atoms with Crippen LogP contribution in [0, 0.1) is 63.6 Å². The minimum absolute atomic E-state index is 0.0236. The third-order valence-corrected chi connectivity index (χ3v) is 17.5. The molecule has 5 nitrogen and oxygen atoms in total. The molecule has 0 saturated heterocycles. The number of aliphatic hydroxyl groups excluding tert-OH is 3. The summed E-state index contributed by atoms with van der Waals surface area (Å²) in [6.45, 7) is 9.23. The molecular weight excluding hydrogens is 596 g/mol. The van der Waals surface area contributed by atoms with E-state index in [-0.39, 0.29) is 35.4 Å². The zero-order valence-corrected chi connectivity index (χ0v) is 30.1. The van der Waals surface area contributed by atoms with Crippen LogP contribution < -0.4 is 0 Å². The number of hydrogen-bond donors (Lipinski definition) is 4. The maximum Gasteiger partial charge on any atom is 0.159 e. The molecular formula is C43H62O5. The van der Waals surface area contributed by atoms with Gasteiger partial charge >= 0.3 is 0 Å². The Hall–Kier alpha value is -1.27. The normalized spacial score (nSPS) is 50.9. The van der Waals surface area contributed by atoms with E-state index in [9.17, 15) is 25.2 Å². The number of carbonyl (C=O) groups excluding carboxylic acids is 1. The summed E-state index contributed by atoms with van der Waals surface area (Å²) in [5.41, 5.74) is 6.24. The number of rotatable bonds is 2. The molecule has 13 atom stereocenters. The maximum atomic E-state index is 13.8. The first-order valence-electron chi connectivity index (χ1n) is 20.3. The van der Waals surface area contributed by atoms with Crippen molar-refractivity contribution in [2.24, 2.45) is 63.6 Å². The lowest BCUT2D eigenvalue weighted by molar-refractivity contribution is -0.156. The monoisotopic (exact) mass is 658 g/mol. The lowest BCUT2D eigenvalue weighted by atomic mass is 9.44. The topological polar surface area (TPSA) is 98.0 Å². The average Bonchev–Trinajstić information content (AvgIpc) is 3.62. The van der Waals surface area contributed by atoms with Crippen molar-refractivity contribution in [3.63, 3.8) is 0 Å². The van der Waals surface area contributed by atoms with E-state index in [4.69, 9.17) is 0 Å². The van der Waals surface area contributed by atoms with Crippen molar-refractivity contribution in [2.45, 2.75) is 161 Å². The third kappa shape index (κ3) is 4.08. The van der Waals surface area contributed by atoms with Gasteiger partial charge in [0.05, 0.1) is 23.9 Å². The van der Waals surface area contributed by atoms with Gasteiger partial charge in [-0.25, -0.2) is 0 Å². The predicted octanol–water partition coefficient (Wildman–Crippen LogP) is 7.61. The number of aliphatic hydroxyl groups is 4. The van der Waals surface area contributed by atoms with Crippen LogP contribution in [-0.4, -0.2) is 50.1 Å². The van der Waals surface area contributed by atoms with Gasteiger partial charge in [-0.2, -0.15) is 0 Å². The van der Waals surface area contributed by atoms with Gasteiger partial charge in [-0.05, 0) is 148 Å². The second-order valence-electron chi connectivity index (χ2n) is 19.6. The smallest absolute Gasteiger partial charge is 0.159 e. The molecule has 9 aliphatic rings. The van der Waals surface area contributed by atoms with Crippen LogP contribution in [0.1, 0.15) is 137 Å². The summed E-state index contributed by atoms with van der Waals surface area (Å²) in [6.07, 6.45) is 17.9. The van der Waals surface area contributed by atoms with E-state index in [1.807, 2.05) is 0 Å². The van der Waals surface area contributed by atoms with Gasteiger partial charge in [0, 0.05) is 23.2 Å². The Balaban J connectivity index is 1.09. The van der Waals surface area contributed by atoms with Crippen LogP contribution in [-0.2, 0) is 4.79 Å². The first-order valence-corrected chi connectivity index (χ1v) is 20.3. The minimum atomic E-state index is -1.08. The highest BCUT2D eigenvalue weighted by atomic mass is 16.3. The van der Waals surface area contributed by atoms with E-state index in [2.05, 4.69) is 27.7 Å². The van der Waals surface area contributed by atoms with Gasteiger partial charge in [-0.1, -0.05) is 62.8 Å². The lowest BCUT2D eigenvalue weighted by Crippen LogP contribution is -2.61. The second-order valence-corrected chi connectivity index (χ2v) is 19.6. The molecule has 0 aromatic rings. The van der Waals surface area contributed by atoms with Crippen molar-refractivity contribution in [1.29, 1.82) is 0 Å². The summed E-state index contributed by atoms with van der Waals surface area (Å²) in [7, 11) is 0. The van der Waals surface area contributed by atoms with Crippen molar-refractivity contribution in [1.82, 2.24) is 0 Å². The molecule has 0 radical (unpaired) electrons. The maximum absolute atomic E-state index is 13.8. The van der Waals surface area contributed by atoms with E-state index < -0.39 is 34.7 Å². The zero-order valence-electron chi connectivity index (χ0n) is 30.1. The second kappa shape index (κ2) is 10.9. The van der Waals surface area contributed by atoms with Crippen LogP contribution in [0.15, 0.2) is 33.9 Å². The molecule has 4 N–H and O–H groups in total. The van der Waals surface area contributed by atoms with Gasteiger partial charge in [0.25, 0.3) is 0 Å². The van der Waals surface area contributed by atoms with Crippen LogP contribution in [0.25, 0.3) is 0 Å². The number of ketones is 1. The molecule has 0 aromatic heterocycles. The van der Waals surface area contributed by atoms with Gasteiger partial charge < -0.3 is 20.4 Å². The first-order chi connectivity index (χ1) is 22.8. The fourth-order valence-electron chi connectivity index (χ4n) is 15.6. The van der Waals surface area contributed by atoms with Crippen molar-refractivity contribution in [3.8, 4) is 0 Å². The molecule has 0 aliphatic heterocycles. The zero-order chi connectivity index (χ0) is 33.5. The van der Waals surface area contributed by atoms with Crippen LogP contribution in [0.5, 0.6) is 0 Å². The van der Waals surface area contributed by atoms with Crippen LogP contribution in [0.2, 0.25) is 0 Å². The summed E-state index contributed by atoms with van der Waals surface area (Å²) in [5.74, 6) is 1.85. The van der Waals surface area contributed by atoms with E-state index in [0.29, 0.717) is 42.4 Å². The molecule has 9 rings (SSSR count). The van der Waals surface area contributed by atoms with Crippen molar-refractivity contribution in [3.05, 3.63) is 33.9 Å². The molecule has 5 heteroatoms. The molecule has 6 fully saturated rings. The van der Waals surface area contributed by atoms with E-state index >= 15 is 0 Å². The molecule has 264 valence electrons. The molecule has 13 unspecified atom stereocenters. The van der Waals surface area contributed by atoms with Crippen LogP contribution in [0.3, 0.4) is 0 Å². The van der Waals surface area contributed by atoms with Gasteiger partial charge in [0.2, 0.25) is 0 Å². The number of hydrogen-bond acceptors (Lipinski definition) is 5. The number of fused-ring (bicyclic) bond motifs is 8. The van der Waals surface area contributed by atoms with Gasteiger partial charge in [-0.15, -0.1) is 0 Å². The lowest BCUT2D eigenvalue weighted by Gasteiger charge is -2.61. The van der Waals surface area contributed by atoms with E-state index in [0.717, 1.165) is 31.3 Å². The Morgan fingerprint density at radius 3 is 2.29 bits per heavy atom. The minimum Gasteiger partial charge on any atom is -0.392 e. The number of allylic oxidation sites excluding steroid dienone is 3. The Kier molecular flexibility index (Phi) is 7.39. The standard InChI is InChI=1S/C43H62O5/c1-23(2)35-25-11-8-16-42(14-5-6-15-42)38(25)26-10-7-9-24-19-27(39(47)37(35)36(24)26)28-13-18-43(48)30-20-32(44)31-21-33(45)34(46)22-40(31,3)29(30)12-17-41(28,43)4/h20,23-24,27-29,31,33-34,37-39,45-48H,5-19,21-22H2,1-4H3. The predicted molar refractivity (Wildman–Crippen MR) is 187 cm³/mol. The summed E-state index contributed by atoms with van der Waals surface area (Å²) >= 11 is 0. The Morgan fingerprint density at radius 1 is 0.812 bits per heavy atom. The molecule has 6 saturated carbocycles. The van der Waals surface area contributed by atoms with E-state index in [1.54, 1.807) is 28.4 Å². The van der Waals surface area contributed by atoms with Crippen LogP contribution >= 0.6 is 0 Å². The fraction of sp³-hybridized carbons (Fsp3) is 0.837. The highest BCUT2D eigenvalue weighted by Gasteiger charge is 2.68. The van der Waals surface area contributed by atoms with Gasteiger partial charge in [-0.3, -0.25) is 4.79 Å². The molecule has 48 heavy (non-hydrogen) atoms. The molecule has 0 aromatic carbocycles. The molecule has 9 aliphatic carbocycles. The quantitative estimate of drug-likeness (QED) is 0.229. The third-order valence-electron chi connectivity index (χ3n) is 17.5. The molecule has 0 amide bonds. The average molecular weight is 659 g/mol. The molecule has 1 spiro atoms. The summed E-state index contributed by atoms with van der Waals surface area (Å²) in [4.78, 5) is 13.8. The molecule has 0 heterocycles. The Labute approximate surface area is 288 Å². The SMILES string of the molecule is CC(C)C1=C2CCCC3(CCCC3)C2C2=C3C(CCC2)CC(C2CCC4(O)C5=CC(=O)C6CC(O)C(O)CC6(C)C5CCC24C)C(O)C13. The summed E-state index contributed by atoms with van der Waals surface area (Å²) < 4.78 is 0.